The summed E-state index contributed by atoms with van der Waals surface area (Å²) in [4.78, 5) is 0.181. The van der Waals surface area contributed by atoms with Crippen LogP contribution in [0.25, 0.3) is 0 Å². The molecule has 0 spiro atoms. The van der Waals surface area contributed by atoms with Gasteiger partial charge in [-0.1, -0.05) is 73.1 Å². The lowest BCUT2D eigenvalue weighted by atomic mass is 9.86. The minimum atomic E-state index is 0.181. The molecule has 0 aliphatic carbocycles. The van der Waals surface area contributed by atoms with Crippen molar-refractivity contribution in [2.24, 2.45) is 0 Å². The van der Waals surface area contributed by atoms with Gasteiger partial charge in [0.25, 0.3) is 0 Å². The van der Waals surface area contributed by atoms with Crippen molar-refractivity contribution in [3.63, 3.8) is 0 Å². The summed E-state index contributed by atoms with van der Waals surface area (Å²) in [5.74, 6) is 0.934. The molecule has 2 rings (SSSR count). The molecule has 112 valence electrons. The molecule has 0 fully saturated rings. The van der Waals surface area contributed by atoms with Gasteiger partial charge in [-0.05, 0) is 40.7 Å². The largest absolute Gasteiger partial charge is 0.496 e. The minimum absolute atomic E-state index is 0.181. The molecule has 0 aromatic heterocycles. The van der Waals surface area contributed by atoms with Crippen molar-refractivity contribution in [2.75, 3.05) is 7.11 Å². The maximum Gasteiger partial charge on any atom is 0.122 e. The molecule has 0 bridgehead atoms. The summed E-state index contributed by atoms with van der Waals surface area (Å²) in [6.45, 7) is 8.76. The highest BCUT2D eigenvalue weighted by Crippen LogP contribution is 2.34. The van der Waals surface area contributed by atoms with Crippen LogP contribution < -0.4 is 4.74 Å². The lowest BCUT2D eigenvalue weighted by Crippen LogP contribution is -2.10. The first-order valence-corrected chi connectivity index (χ1v) is 8.13. The first kappa shape index (κ1) is 16.1. The summed E-state index contributed by atoms with van der Waals surface area (Å²) in [5.41, 5.74) is 5.17. The predicted octanol–water partition coefficient (Wildman–Crippen LogP) is 5.79. The summed E-state index contributed by atoms with van der Waals surface area (Å²) < 4.78 is 5.41. The van der Waals surface area contributed by atoms with Gasteiger partial charge in [-0.15, -0.1) is 0 Å². The van der Waals surface area contributed by atoms with E-state index in [0.717, 1.165) is 11.3 Å². The molecular weight excluding hydrogens is 324 g/mol. The maximum absolute atomic E-state index is 5.41. The first-order chi connectivity index (χ1) is 9.82. The first-order valence-electron chi connectivity index (χ1n) is 7.22. The van der Waals surface area contributed by atoms with Crippen molar-refractivity contribution >= 4 is 15.9 Å². The zero-order valence-electron chi connectivity index (χ0n) is 13.4. The summed E-state index contributed by atoms with van der Waals surface area (Å²) >= 11 is 3.80. The number of alkyl halides is 1. The third-order valence-electron chi connectivity index (χ3n) is 3.79. The maximum atomic E-state index is 5.41. The van der Waals surface area contributed by atoms with Crippen molar-refractivity contribution in [3.8, 4) is 5.75 Å². The zero-order valence-corrected chi connectivity index (χ0v) is 15.0. The van der Waals surface area contributed by atoms with E-state index < -0.39 is 0 Å². The van der Waals surface area contributed by atoms with Gasteiger partial charge in [0.15, 0.2) is 0 Å². The van der Waals surface area contributed by atoms with E-state index in [4.69, 9.17) is 4.74 Å². The minimum Gasteiger partial charge on any atom is -0.496 e. The molecule has 2 aromatic rings. The second-order valence-corrected chi connectivity index (χ2v) is 7.38. The Kier molecular flexibility index (Phi) is 4.77. The fraction of sp³-hybridized carbons (Fsp3) is 0.368. The van der Waals surface area contributed by atoms with E-state index in [1.165, 1.54) is 16.7 Å². The Labute approximate surface area is 136 Å². The standard InChI is InChI=1S/C19H23BrO/c1-13-6-7-15(12-17(13)21-5)18(20)14-8-10-16(11-9-14)19(2,3)4/h6-12,18H,1-5H3. The third-order valence-corrected chi connectivity index (χ3v) is 4.85. The van der Waals surface area contributed by atoms with Crippen LogP contribution in [-0.2, 0) is 5.41 Å². The molecule has 0 radical (unpaired) electrons. The number of rotatable bonds is 3. The van der Waals surface area contributed by atoms with Crippen molar-refractivity contribution in [1.82, 2.24) is 0 Å². The molecule has 0 N–H and O–H groups in total. The lowest BCUT2D eigenvalue weighted by Gasteiger charge is -2.20. The Morgan fingerprint density at radius 3 is 2.05 bits per heavy atom. The molecule has 1 atom stereocenters. The molecule has 0 saturated carbocycles. The van der Waals surface area contributed by atoms with Crippen LogP contribution in [0.3, 0.4) is 0 Å². The van der Waals surface area contributed by atoms with Gasteiger partial charge < -0.3 is 4.74 Å². The molecule has 2 aromatic carbocycles. The zero-order chi connectivity index (χ0) is 15.6. The van der Waals surface area contributed by atoms with E-state index in [-0.39, 0.29) is 10.2 Å². The Bertz CT molecular complexity index is 608. The lowest BCUT2D eigenvalue weighted by molar-refractivity contribution is 0.411. The average Bonchev–Trinajstić information content (AvgIpc) is 2.46. The van der Waals surface area contributed by atoms with E-state index in [2.05, 4.69) is 86.1 Å². The molecule has 1 unspecified atom stereocenters. The van der Waals surface area contributed by atoms with Gasteiger partial charge in [-0.3, -0.25) is 0 Å². The fourth-order valence-electron chi connectivity index (χ4n) is 2.34. The number of hydrogen-bond acceptors (Lipinski definition) is 1. The molecule has 0 saturated heterocycles. The average molecular weight is 347 g/mol. The Morgan fingerprint density at radius 1 is 0.952 bits per heavy atom. The van der Waals surface area contributed by atoms with Crippen molar-refractivity contribution < 1.29 is 4.74 Å². The van der Waals surface area contributed by atoms with E-state index in [0.29, 0.717) is 0 Å². The Morgan fingerprint density at radius 2 is 1.52 bits per heavy atom. The number of benzene rings is 2. The van der Waals surface area contributed by atoms with E-state index >= 15 is 0 Å². The molecule has 21 heavy (non-hydrogen) atoms. The molecule has 0 aliphatic rings. The quantitative estimate of drug-likeness (QED) is 0.639. The summed E-state index contributed by atoms with van der Waals surface area (Å²) in [5, 5.41) is 0. The van der Waals surface area contributed by atoms with E-state index in [1.807, 2.05) is 0 Å². The van der Waals surface area contributed by atoms with Crippen LogP contribution in [0.5, 0.6) is 5.75 Å². The second-order valence-electron chi connectivity index (χ2n) is 6.46. The van der Waals surface area contributed by atoms with Crippen molar-refractivity contribution in [1.29, 1.82) is 0 Å². The number of methoxy groups -OCH3 is 1. The number of ether oxygens (including phenoxy) is 1. The smallest absolute Gasteiger partial charge is 0.122 e. The highest BCUT2D eigenvalue weighted by Gasteiger charge is 2.16. The van der Waals surface area contributed by atoms with Crippen molar-refractivity contribution in [3.05, 3.63) is 64.7 Å². The van der Waals surface area contributed by atoms with Crippen LogP contribution in [0.4, 0.5) is 0 Å². The van der Waals surface area contributed by atoms with Crippen LogP contribution in [0, 0.1) is 6.92 Å². The van der Waals surface area contributed by atoms with Crippen LogP contribution in [0.1, 0.15) is 47.9 Å². The number of halogens is 1. The van der Waals surface area contributed by atoms with Gasteiger partial charge in [0, 0.05) is 0 Å². The Balaban J connectivity index is 2.29. The van der Waals surface area contributed by atoms with Crippen LogP contribution in [0.15, 0.2) is 42.5 Å². The van der Waals surface area contributed by atoms with Crippen molar-refractivity contribution in [2.45, 2.75) is 37.9 Å². The van der Waals surface area contributed by atoms with Gasteiger partial charge in [-0.2, -0.15) is 0 Å². The highest BCUT2D eigenvalue weighted by molar-refractivity contribution is 9.09. The van der Waals surface area contributed by atoms with Crippen LogP contribution in [-0.4, -0.2) is 7.11 Å². The topological polar surface area (TPSA) is 9.23 Å². The fourth-order valence-corrected chi connectivity index (χ4v) is 2.93. The van der Waals surface area contributed by atoms with E-state index in [1.54, 1.807) is 7.11 Å². The normalized spacial score (nSPS) is 13.0. The summed E-state index contributed by atoms with van der Waals surface area (Å²) in [6, 6.07) is 15.2. The SMILES string of the molecule is COc1cc(C(Br)c2ccc(C(C)(C)C)cc2)ccc1C. The van der Waals surface area contributed by atoms with Gasteiger partial charge in [-0.25, -0.2) is 0 Å². The second kappa shape index (κ2) is 6.23. The molecule has 0 amide bonds. The number of aryl methyl sites for hydroxylation is 1. The molecular formula is C19H23BrO. The summed E-state index contributed by atoms with van der Waals surface area (Å²) in [7, 11) is 1.72. The molecule has 2 heteroatoms. The number of hydrogen-bond donors (Lipinski definition) is 0. The predicted molar refractivity (Wildman–Crippen MR) is 93.6 cm³/mol. The van der Waals surface area contributed by atoms with E-state index in [9.17, 15) is 0 Å². The van der Waals surface area contributed by atoms with Gasteiger partial charge in [0.1, 0.15) is 5.75 Å². The van der Waals surface area contributed by atoms with Crippen LogP contribution in [0.2, 0.25) is 0 Å². The van der Waals surface area contributed by atoms with Crippen LogP contribution >= 0.6 is 15.9 Å². The molecule has 0 aliphatic heterocycles. The van der Waals surface area contributed by atoms with Gasteiger partial charge in [0.05, 0.1) is 11.9 Å². The van der Waals surface area contributed by atoms with Gasteiger partial charge >= 0.3 is 0 Å². The molecule has 0 heterocycles. The third kappa shape index (κ3) is 3.68. The monoisotopic (exact) mass is 346 g/mol. The Hall–Kier alpha value is -1.28. The summed E-state index contributed by atoms with van der Waals surface area (Å²) in [6.07, 6.45) is 0. The van der Waals surface area contributed by atoms with Gasteiger partial charge in [0.2, 0.25) is 0 Å². The highest BCUT2D eigenvalue weighted by atomic mass is 79.9. The molecule has 1 nitrogen and oxygen atoms in total.